The van der Waals surface area contributed by atoms with E-state index >= 15 is 0 Å². The number of rotatable bonds is 4. The van der Waals surface area contributed by atoms with E-state index in [-0.39, 0.29) is 0 Å². The lowest BCUT2D eigenvalue weighted by Crippen LogP contribution is -1.89. The molecule has 0 spiro atoms. The van der Waals surface area contributed by atoms with Gasteiger partial charge in [-0.15, -0.1) is 11.3 Å². The Labute approximate surface area is 118 Å². The molecule has 1 heterocycles. The molecule has 0 unspecified atom stereocenters. The van der Waals surface area contributed by atoms with Crippen molar-refractivity contribution in [2.24, 2.45) is 0 Å². The Morgan fingerprint density at radius 1 is 0.895 bits per heavy atom. The zero-order valence-corrected chi connectivity index (χ0v) is 12.0. The molecule has 0 nitrogen and oxygen atoms in total. The second kappa shape index (κ2) is 5.58. The van der Waals surface area contributed by atoms with Crippen LogP contribution < -0.4 is 0 Å². The average Bonchev–Trinajstić information content (AvgIpc) is 2.84. The van der Waals surface area contributed by atoms with E-state index in [1.54, 1.807) is 4.88 Å². The zero-order valence-electron chi connectivity index (χ0n) is 11.2. The van der Waals surface area contributed by atoms with Crippen molar-refractivity contribution in [3.05, 3.63) is 69.9 Å². The lowest BCUT2D eigenvalue weighted by molar-refractivity contribution is 0.828. The largest absolute Gasteiger partial charge is 0.149 e. The van der Waals surface area contributed by atoms with Crippen molar-refractivity contribution >= 4 is 22.1 Å². The second-order valence-corrected chi connectivity index (χ2v) is 6.06. The molecule has 0 amide bonds. The highest BCUT2D eigenvalue weighted by Crippen LogP contribution is 2.20. The third kappa shape index (κ3) is 2.87. The van der Waals surface area contributed by atoms with Gasteiger partial charge in [0, 0.05) is 4.88 Å². The van der Waals surface area contributed by atoms with Gasteiger partial charge in [0.05, 0.1) is 0 Å². The molecular formula is C18H18S. The molecule has 0 saturated heterocycles. The minimum absolute atomic E-state index is 1.17. The van der Waals surface area contributed by atoms with E-state index in [2.05, 4.69) is 60.8 Å². The third-order valence-corrected chi connectivity index (χ3v) is 4.73. The molecule has 0 aliphatic rings. The van der Waals surface area contributed by atoms with Gasteiger partial charge in [-0.2, -0.15) is 0 Å². The highest BCUT2D eigenvalue weighted by atomic mass is 32.1. The minimum Gasteiger partial charge on any atom is -0.149 e. The Bertz CT molecular complexity index is 679. The maximum Gasteiger partial charge on any atom is 0.00745 e. The van der Waals surface area contributed by atoms with E-state index in [4.69, 9.17) is 0 Å². The Hall–Kier alpha value is -1.60. The van der Waals surface area contributed by atoms with E-state index in [1.165, 1.54) is 41.2 Å². The molecule has 0 atom stereocenters. The fraction of sp³-hybridized carbons (Fsp3) is 0.222. The van der Waals surface area contributed by atoms with Crippen molar-refractivity contribution in [2.75, 3.05) is 0 Å². The van der Waals surface area contributed by atoms with E-state index in [0.717, 1.165) is 0 Å². The summed E-state index contributed by atoms with van der Waals surface area (Å²) in [7, 11) is 0. The molecule has 0 saturated carbocycles. The van der Waals surface area contributed by atoms with Gasteiger partial charge >= 0.3 is 0 Å². The molecule has 1 heteroatoms. The molecule has 0 bridgehead atoms. The molecule has 0 radical (unpaired) electrons. The summed E-state index contributed by atoms with van der Waals surface area (Å²) in [5.41, 5.74) is 2.90. The fourth-order valence-electron chi connectivity index (χ4n) is 2.51. The first-order valence-electron chi connectivity index (χ1n) is 6.83. The lowest BCUT2D eigenvalue weighted by Gasteiger charge is -2.04. The van der Waals surface area contributed by atoms with Crippen LogP contribution in [-0.4, -0.2) is 0 Å². The van der Waals surface area contributed by atoms with Crippen molar-refractivity contribution in [3.8, 4) is 0 Å². The van der Waals surface area contributed by atoms with Crippen LogP contribution in [0, 0.1) is 6.92 Å². The van der Waals surface area contributed by atoms with E-state index in [0.29, 0.717) is 0 Å². The van der Waals surface area contributed by atoms with Gasteiger partial charge in [0.25, 0.3) is 0 Å². The molecule has 0 N–H and O–H groups in total. The van der Waals surface area contributed by atoms with Gasteiger partial charge in [-0.1, -0.05) is 42.5 Å². The number of aryl methyl sites for hydroxylation is 3. The van der Waals surface area contributed by atoms with Gasteiger partial charge in [-0.25, -0.2) is 0 Å². The SMILES string of the molecule is Cc1ccsc1CCCc1ccc2ccccc2c1. The molecule has 0 aliphatic heterocycles. The molecule has 0 fully saturated rings. The third-order valence-electron chi connectivity index (χ3n) is 3.65. The quantitative estimate of drug-likeness (QED) is 0.594. The number of hydrogen-bond acceptors (Lipinski definition) is 1. The van der Waals surface area contributed by atoms with Crippen LogP contribution in [0.2, 0.25) is 0 Å². The normalized spacial score (nSPS) is 11.0. The highest BCUT2D eigenvalue weighted by molar-refractivity contribution is 7.10. The molecule has 3 rings (SSSR count). The molecule has 0 aliphatic carbocycles. The Balaban J connectivity index is 1.67. The summed E-state index contributed by atoms with van der Waals surface area (Å²) < 4.78 is 0. The monoisotopic (exact) mass is 266 g/mol. The van der Waals surface area contributed by atoms with Crippen LogP contribution in [0.15, 0.2) is 53.9 Å². The fourth-order valence-corrected chi connectivity index (χ4v) is 3.46. The average molecular weight is 266 g/mol. The number of benzene rings is 2. The first-order chi connectivity index (χ1) is 9.33. The predicted octanol–water partition coefficient (Wildman–Crippen LogP) is 5.39. The van der Waals surface area contributed by atoms with Crippen LogP contribution in [0.3, 0.4) is 0 Å². The van der Waals surface area contributed by atoms with Crippen molar-refractivity contribution in [1.29, 1.82) is 0 Å². The standard InChI is InChI=1S/C18H18S/c1-14-11-12-19-18(14)8-4-5-15-9-10-16-6-2-3-7-17(16)13-15/h2-3,6-7,9-13H,4-5,8H2,1H3. The van der Waals surface area contributed by atoms with Gasteiger partial charge in [0.1, 0.15) is 0 Å². The summed E-state index contributed by atoms with van der Waals surface area (Å²) in [6, 6.07) is 17.6. The first-order valence-corrected chi connectivity index (χ1v) is 7.71. The topological polar surface area (TPSA) is 0 Å². The summed E-state index contributed by atoms with van der Waals surface area (Å²) in [4.78, 5) is 1.54. The van der Waals surface area contributed by atoms with Crippen molar-refractivity contribution in [1.82, 2.24) is 0 Å². The van der Waals surface area contributed by atoms with Crippen LogP contribution in [-0.2, 0) is 12.8 Å². The Morgan fingerprint density at radius 2 is 1.74 bits per heavy atom. The minimum atomic E-state index is 1.17. The van der Waals surface area contributed by atoms with Gasteiger partial charge in [0.2, 0.25) is 0 Å². The Morgan fingerprint density at radius 3 is 2.53 bits per heavy atom. The molecule has 1 aromatic heterocycles. The first kappa shape index (κ1) is 12.4. The number of fused-ring (bicyclic) bond motifs is 1. The van der Waals surface area contributed by atoms with Crippen LogP contribution in [0.1, 0.15) is 22.4 Å². The summed E-state index contributed by atoms with van der Waals surface area (Å²) in [5, 5.41) is 4.88. The summed E-state index contributed by atoms with van der Waals surface area (Å²) >= 11 is 1.89. The van der Waals surface area contributed by atoms with Gasteiger partial charge in [0.15, 0.2) is 0 Å². The smallest absolute Gasteiger partial charge is 0.00745 e. The Kier molecular flexibility index (Phi) is 3.65. The van der Waals surface area contributed by atoms with Gasteiger partial charge in [-0.3, -0.25) is 0 Å². The molecular weight excluding hydrogens is 248 g/mol. The molecule has 3 aromatic rings. The lowest BCUT2D eigenvalue weighted by atomic mass is 10.0. The van der Waals surface area contributed by atoms with Crippen LogP contribution in [0.5, 0.6) is 0 Å². The molecule has 2 aromatic carbocycles. The van der Waals surface area contributed by atoms with Crippen LogP contribution in [0.4, 0.5) is 0 Å². The number of hydrogen-bond donors (Lipinski definition) is 0. The number of thiophene rings is 1. The van der Waals surface area contributed by atoms with Crippen molar-refractivity contribution in [3.63, 3.8) is 0 Å². The van der Waals surface area contributed by atoms with Crippen LogP contribution in [0.25, 0.3) is 10.8 Å². The summed E-state index contributed by atoms with van der Waals surface area (Å²) in [6.45, 7) is 2.21. The zero-order chi connectivity index (χ0) is 13.1. The van der Waals surface area contributed by atoms with Crippen molar-refractivity contribution in [2.45, 2.75) is 26.2 Å². The van der Waals surface area contributed by atoms with E-state index in [1.807, 2.05) is 11.3 Å². The summed E-state index contributed by atoms with van der Waals surface area (Å²) in [6.07, 6.45) is 3.61. The maximum absolute atomic E-state index is 2.33. The second-order valence-electron chi connectivity index (χ2n) is 5.06. The van der Waals surface area contributed by atoms with E-state index in [9.17, 15) is 0 Å². The maximum atomic E-state index is 2.33. The summed E-state index contributed by atoms with van der Waals surface area (Å²) in [5.74, 6) is 0. The van der Waals surface area contributed by atoms with E-state index < -0.39 is 0 Å². The van der Waals surface area contributed by atoms with Crippen molar-refractivity contribution < 1.29 is 0 Å². The van der Waals surface area contributed by atoms with Crippen LogP contribution >= 0.6 is 11.3 Å². The molecule has 96 valence electrons. The molecule has 19 heavy (non-hydrogen) atoms. The van der Waals surface area contributed by atoms with Gasteiger partial charge < -0.3 is 0 Å². The highest BCUT2D eigenvalue weighted by Gasteiger charge is 2.01. The predicted molar refractivity (Wildman–Crippen MR) is 85.0 cm³/mol. The van der Waals surface area contributed by atoms with Gasteiger partial charge in [-0.05, 0) is 59.5 Å².